The lowest BCUT2D eigenvalue weighted by molar-refractivity contribution is -0.123. The van der Waals surface area contributed by atoms with Gasteiger partial charge in [0.15, 0.2) is 15.4 Å². The van der Waals surface area contributed by atoms with Crippen LogP contribution < -0.4 is 0 Å². The number of rotatable bonds is 5. The minimum atomic E-state index is -3.38. The quantitative estimate of drug-likeness (QED) is 0.514. The van der Waals surface area contributed by atoms with Crippen molar-refractivity contribution in [2.24, 2.45) is 0 Å². The van der Waals surface area contributed by atoms with Crippen LogP contribution in [0.1, 0.15) is 18.4 Å². The van der Waals surface area contributed by atoms with Crippen LogP contribution in [0.3, 0.4) is 0 Å². The molecule has 0 radical (unpaired) electrons. The summed E-state index contributed by atoms with van der Waals surface area (Å²) in [5.74, 6) is -0.364. The molecule has 154 valence electrons. The van der Waals surface area contributed by atoms with Crippen molar-refractivity contribution in [1.82, 2.24) is 9.88 Å². The first-order valence-electron chi connectivity index (χ1n) is 8.90. The molecule has 1 aromatic heterocycles. The molecule has 1 saturated heterocycles. The number of hydrogen-bond acceptors (Lipinski definition) is 7. The molecule has 4 rings (SSSR count). The van der Waals surface area contributed by atoms with Crippen molar-refractivity contribution in [1.29, 1.82) is 0 Å². The molecule has 10 heteroatoms. The van der Waals surface area contributed by atoms with E-state index in [9.17, 15) is 18.0 Å². The summed E-state index contributed by atoms with van der Waals surface area (Å²) in [7, 11) is -3.38. The number of fused-ring (bicyclic) bond motifs is 1. The van der Waals surface area contributed by atoms with Gasteiger partial charge in [0.1, 0.15) is 12.1 Å². The Morgan fingerprint density at radius 3 is 2.70 bits per heavy atom. The average Bonchev–Trinajstić information content (AvgIpc) is 3.24. The highest BCUT2D eigenvalue weighted by Crippen LogP contribution is 2.34. The van der Waals surface area contributed by atoms with E-state index in [0.29, 0.717) is 21.7 Å². The maximum atomic E-state index is 12.7. The number of benzene rings is 2. The molecule has 0 spiro atoms. The van der Waals surface area contributed by atoms with Crippen molar-refractivity contribution >= 4 is 61.5 Å². The standard InChI is InChI=1S/C20H15ClN2O5S2/c1-2-30(26,27)13-7-8-16-15(10-13)22-18(28-16)11-23-19(24)17(29-20(23)25)9-12-5-3-4-6-14(12)21/h3-10H,2,11H2,1H3/b17-9+. The molecule has 1 aliphatic heterocycles. The number of halogens is 1. The minimum absolute atomic E-state index is 0.0300. The molecule has 0 N–H and O–H groups in total. The van der Waals surface area contributed by atoms with Gasteiger partial charge in [0.2, 0.25) is 5.89 Å². The van der Waals surface area contributed by atoms with Crippen LogP contribution in [0, 0.1) is 0 Å². The van der Waals surface area contributed by atoms with Gasteiger partial charge in [-0.25, -0.2) is 13.4 Å². The number of amides is 2. The first-order chi connectivity index (χ1) is 14.3. The average molecular weight is 463 g/mol. The highest BCUT2D eigenvalue weighted by atomic mass is 35.5. The maximum absolute atomic E-state index is 12.7. The summed E-state index contributed by atoms with van der Waals surface area (Å²) in [6.45, 7) is 1.40. The lowest BCUT2D eigenvalue weighted by Crippen LogP contribution is -2.27. The monoisotopic (exact) mass is 462 g/mol. The Hall–Kier alpha value is -2.62. The summed E-state index contributed by atoms with van der Waals surface area (Å²) < 4.78 is 29.7. The number of aromatic nitrogens is 1. The Balaban J connectivity index is 1.60. The molecule has 2 amide bonds. The van der Waals surface area contributed by atoms with Gasteiger partial charge in [0.05, 0.1) is 15.6 Å². The number of oxazole rings is 1. The fraction of sp³-hybridized carbons (Fsp3) is 0.150. The van der Waals surface area contributed by atoms with Gasteiger partial charge in [-0.15, -0.1) is 0 Å². The summed E-state index contributed by atoms with van der Waals surface area (Å²) in [5.41, 5.74) is 1.35. The van der Waals surface area contributed by atoms with Gasteiger partial charge in [-0.3, -0.25) is 14.5 Å². The molecule has 2 aromatic carbocycles. The molecular formula is C20H15ClN2O5S2. The predicted molar refractivity (Wildman–Crippen MR) is 115 cm³/mol. The van der Waals surface area contributed by atoms with Crippen LogP contribution in [0.2, 0.25) is 5.02 Å². The van der Waals surface area contributed by atoms with Gasteiger partial charge in [-0.2, -0.15) is 0 Å². The van der Waals surface area contributed by atoms with Crippen molar-refractivity contribution in [3.8, 4) is 0 Å². The maximum Gasteiger partial charge on any atom is 0.294 e. The number of hydrogen-bond donors (Lipinski definition) is 0. The van der Waals surface area contributed by atoms with Crippen LogP contribution in [0.25, 0.3) is 17.2 Å². The first kappa shape index (κ1) is 20.6. The zero-order valence-electron chi connectivity index (χ0n) is 15.7. The summed E-state index contributed by atoms with van der Waals surface area (Å²) in [6.07, 6.45) is 1.57. The second kappa shape index (κ2) is 7.90. The van der Waals surface area contributed by atoms with E-state index < -0.39 is 21.0 Å². The van der Waals surface area contributed by atoms with E-state index in [1.54, 1.807) is 37.3 Å². The van der Waals surface area contributed by atoms with E-state index in [1.807, 2.05) is 0 Å². The summed E-state index contributed by atoms with van der Waals surface area (Å²) >= 11 is 6.93. The topological polar surface area (TPSA) is 97.5 Å². The second-order valence-corrected chi connectivity index (χ2v) is 10.1. The number of sulfone groups is 1. The highest BCUT2D eigenvalue weighted by Gasteiger charge is 2.36. The van der Waals surface area contributed by atoms with Crippen molar-refractivity contribution in [2.45, 2.75) is 18.4 Å². The smallest absolute Gasteiger partial charge is 0.294 e. The normalized spacial score (nSPS) is 16.2. The Labute approximate surface area is 181 Å². The van der Waals surface area contributed by atoms with Crippen LogP contribution >= 0.6 is 23.4 Å². The van der Waals surface area contributed by atoms with E-state index >= 15 is 0 Å². The molecule has 1 aliphatic rings. The third-order valence-corrected chi connectivity index (χ3v) is 7.49. The van der Waals surface area contributed by atoms with Crippen LogP contribution in [0.5, 0.6) is 0 Å². The van der Waals surface area contributed by atoms with E-state index in [-0.39, 0.29) is 28.0 Å². The third kappa shape index (κ3) is 3.88. The van der Waals surface area contributed by atoms with Gasteiger partial charge in [-0.1, -0.05) is 36.7 Å². The molecule has 7 nitrogen and oxygen atoms in total. The van der Waals surface area contributed by atoms with Crippen LogP contribution in [0.4, 0.5) is 4.79 Å². The first-order valence-corrected chi connectivity index (χ1v) is 11.8. The van der Waals surface area contributed by atoms with Crippen molar-refractivity contribution < 1.29 is 22.4 Å². The molecule has 2 heterocycles. The molecule has 3 aromatic rings. The van der Waals surface area contributed by atoms with Gasteiger partial charge < -0.3 is 4.42 Å². The molecule has 0 atom stereocenters. The highest BCUT2D eigenvalue weighted by molar-refractivity contribution is 8.18. The third-order valence-electron chi connectivity index (χ3n) is 4.50. The van der Waals surface area contributed by atoms with E-state index in [4.69, 9.17) is 16.0 Å². The zero-order valence-corrected chi connectivity index (χ0v) is 18.1. The van der Waals surface area contributed by atoms with E-state index in [0.717, 1.165) is 16.7 Å². The summed E-state index contributed by atoms with van der Waals surface area (Å²) in [5, 5.41) is 0.0240. The van der Waals surface area contributed by atoms with Gasteiger partial charge in [0.25, 0.3) is 11.1 Å². The van der Waals surface area contributed by atoms with E-state index in [2.05, 4.69) is 4.98 Å². The molecule has 0 bridgehead atoms. The van der Waals surface area contributed by atoms with Gasteiger partial charge in [0, 0.05) is 5.02 Å². The summed E-state index contributed by atoms with van der Waals surface area (Å²) in [6, 6.07) is 11.4. The van der Waals surface area contributed by atoms with Crippen molar-refractivity contribution in [3.05, 3.63) is 63.8 Å². The second-order valence-electron chi connectivity index (χ2n) is 6.43. The number of carbonyl (C=O) groups excluding carboxylic acids is 2. The molecule has 0 aliphatic carbocycles. The molecular weight excluding hydrogens is 448 g/mol. The Bertz CT molecular complexity index is 1310. The number of imide groups is 1. The molecule has 0 unspecified atom stereocenters. The fourth-order valence-corrected chi connectivity index (χ4v) is 4.81. The van der Waals surface area contributed by atoms with Crippen LogP contribution in [-0.4, -0.2) is 35.2 Å². The predicted octanol–water partition coefficient (Wildman–Crippen LogP) is 4.51. The number of carbonyl (C=O) groups is 2. The molecule has 0 saturated carbocycles. The molecule has 1 fully saturated rings. The lowest BCUT2D eigenvalue weighted by Gasteiger charge is -2.08. The summed E-state index contributed by atoms with van der Waals surface area (Å²) in [4.78, 5) is 30.7. The van der Waals surface area contributed by atoms with E-state index in [1.165, 1.54) is 18.2 Å². The minimum Gasteiger partial charge on any atom is -0.439 e. The Kier molecular flexibility index (Phi) is 5.44. The Morgan fingerprint density at radius 2 is 1.97 bits per heavy atom. The van der Waals surface area contributed by atoms with Crippen LogP contribution in [-0.2, 0) is 21.2 Å². The van der Waals surface area contributed by atoms with Crippen molar-refractivity contribution in [2.75, 3.05) is 5.75 Å². The fourth-order valence-electron chi connectivity index (χ4n) is 2.89. The number of nitrogens with zero attached hydrogens (tertiary/aromatic N) is 2. The molecule has 30 heavy (non-hydrogen) atoms. The lowest BCUT2D eigenvalue weighted by atomic mass is 10.2. The van der Waals surface area contributed by atoms with Gasteiger partial charge in [-0.05, 0) is 47.7 Å². The Morgan fingerprint density at radius 1 is 1.20 bits per heavy atom. The van der Waals surface area contributed by atoms with Crippen molar-refractivity contribution in [3.63, 3.8) is 0 Å². The van der Waals surface area contributed by atoms with Gasteiger partial charge >= 0.3 is 0 Å². The zero-order chi connectivity index (χ0) is 21.5. The number of thioether (sulfide) groups is 1. The largest absolute Gasteiger partial charge is 0.439 e. The van der Waals surface area contributed by atoms with Crippen LogP contribution in [0.15, 0.2) is 56.7 Å². The SMILES string of the molecule is CCS(=O)(=O)c1ccc2oc(CN3C(=O)S/C(=C/c4ccccc4Cl)C3=O)nc2c1.